The van der Waals surface area contributed by atoms with Crippen molar-refractivity contribution in [1.82, 2.24) is 10.2 Å². The number of aliphatic hydroxyl groups excluding tert-OH is 1. The second-order valence-electron chi connectivity index (χ2n) is 4.62. The van der Waals surface area contributed by atoms with E-state index in [0.717, 1.165) is 26.1 Å². The van der Waals surface area contributed by atoms with Crippen molar-refractivity contribution in [3.05, 3.63) is 0 Å². The maximum absolute atomic E-state index is 9.73. The lowest BCUT2D eigenvalue weighted by atomic mass is 9.86. The summed E-state index contributed by atoms with van der Waals surface area (Å²) in [6.45, 7) is 3.08. The van der Waals surface area contributed by atoms with Gasteiger partial charge < -0.3 is 15.3 Å². The van der Waals surface area contributed by atoms with E-state index in [1.165, 1.54) is 19.3 Å². The molecule has 0 bridgehead atoms. The Balaban J connectivity index is 2.04. The molecule has 0 heterocycles. The maximum Gasteiger partial charge on any atom is 0.0580 e. The largest absolute Gasteiger partial charge is 0.393 e. The summed E-state index contributed by atoms with van der Waals surface area (Å²) in [5, 5.41) is 13.1. The van der Waals surface area contributed by atoms with E-state index >= 15 is 0 Å². The molecule has 0 saturated heterocycles. The maximum atomic E-state index is 9.73. The normalized spacial score (nSPS) is 28.3. The third kappa shape index (κ3) is 4.40. The van der Waals surface area contributed by atoms with E-state index in [4.69, 9.17) is 0 Å². The van der Waals surface area contributed by atoms with Crippen LogP contribution in [0.3, 0.4) is 0 Å². The van der Waals surface area contributed by atoms with Gasteiger partial charge in [0, 0.05) is 19.6 Å². The van der Waals surface area contributed by atoms with Crippen LogP contribution < -0.4 is 5.32 Å². The summed E-state index contributed by atoms with van der Waals surface area (Å²) in [4.78, 5) is 2.17. The third-order valence-electron chi connectivity index (χ3n) is 3.01. The van der Waals surface area contributed by atoms with Gasteiger partial charge in [0.1, 0.15) is 0 Å². The molecule has 1 aliphatic rings. The van der Waals surface area contributed by atoms with Crippen molar-refractivity contribution < 1.29 is 5.11 Å². The van der Waals surface area contributed by atoms with Crippen LogP contribution in [0.2, 0.25) is 0 Å². The molecule has 14 heavy (non-hydrogen) atoms. The minimum absolute atomic E-state index is 0.0596. The highest BCUT2D eigenvalue weighted by Gasteiger charge is 2.21. The molecule has 3 nitrogen and oxygen atoms in total. The lowest BCUT2D eigenvalue weighted by Crippen LogP contribution is -2.36. The van der Waals surface area contributed by atoms with Gasteiger partial charge >= 0.3 is 0 Å². The first-order valence-corrected chi connectivity index (χ1v) is 5.73. The van der Waals surface area contributed by atoms with Crippen LogP contribution in [0.25, 0.3) is 0 Å². The number of aliphatic hydroxyl groups is 1. The first-order valence-electron chi connectivity index (χ1n) is 5.73. The van der Waals surface area contributed by atoms with Gasteiger partial charge in [0.2, 0.25) is 0 Å². The smallest absolute Gasteiger partial charge is 0.0580 e. The van der Waals surface area contributed by atoms with Crippen LogP contribution in [0, 0.1) is 5.92 Å². The van der Waals surface area contributed by atoms with Crippen LogP contribution >= 0.6 is 0 Å². The third-order valence-corrected chi connectivity index (χ3v) is 3.01. The van der Waals surface area contributed by atoms with Crippen molar-refractivity contribution in [3.8, 4) is 0 Å². The number of likely N-dealkylation sites (N-methyl/N-ethyl adjacent to an activating group) is 1. The molecular formula is C11H24N2O. The average molecular weight is 200 g/mol. The Morgan fingerprint density at radius 1 is 1.29 bits per heavy atom. The molecular weight excluding hydrogens is 176 g/mol. The summed E-state index contributed by atoms with van der Waals surface area (Å²) in [5.74, 6) is 0.492. The Morgan fingerprint density at radius 2 is 2.00 bits per heavy atom. The van der Waals surface area contributed by atoms with Crippen LogP contribution in [0.5, 0.6) is 0 Å². The van der Waals surface area contributed by atoms with Crippen LogP contribution in [0.4, 0.5) is 0 Å². The van der Waals surface area contributed by atoms with E-state index in [9.17, 15) is 5.11 Å². The van der Waals surface area contributed by atoms with Gasteiger partial charge in [-0.1, -0.05) is 12.8 Å². The second-order valence-corrected chi connectivity index (χ2v) is 4.62. The molecule has 1 aliphatic carbocycles. The Labute approximate surface area is 87.5 Å². The van der Waals surface area contributed by atoms with Crippen LogP contribution in [-0.4, -0.2) is 49.8 Å². The molecule has 2 atom stereocenters. The van der Waals surface area contributed by atoms with Crippen molar-refractivity contribution in [2.75, 3.05) is 33.7 Å². The molecule has 0 aromatic carbocycles. The van der Waals surface area contributed by atoms with E-state index in [0.29, 0.717) is 5.92 Å². The van der Waals surface area contributed by atoms with Gasteiger partial charge in [-0.05, 0) is 32.9 Å². The summed E-state index contributed by atoms with van der Waals surface area (Å²) in [6.07, 6.45) is 4.62. The second kappa shape index (κ2) is 6.38. The zero-order valence-corrected chi connectivity index (χ0v) is 9.50. The molecule has 1 rings (SSSR count). The first kappa shape index (κ1) is 12.0. The summed E-state index contributed by atoms with van der Waals surface area (Å²) in [5.41, 5.74) is 0. The topological polar surface area (TPSA) is 35.5 Å². The van der Waals surface area contributed by atoms with Gasteiger partial charge in [0.15, 0.2) is 0 Å². The number of hydrogen-bond donors (Lipinski definition) is 2. The van der Waals surface area contributed by atoms with Crippen molar-refractivity contribution in [2.45, 2.75) is 31.8 Å². The lowest BCUT2D eigenvalue weighted by Gasteiger charge is -2.27. The van der Waals surface area contributed by atoms with Crippen LogP contribution in [0.1, 0.15) is 25.7 Å². The molecule has 2 N–H and O–H groups in total. The van der Waals surface area contributed by atoms with E-state index in [1.54, 1.807) is 0 Å². The van der Waals surface area contributed by atoms with Gasteiger partial charge in [0.25, 0.3) is 0 Å². The molecule has 84 valence electrons. The minimum Gasteiger partial charge on any atom is -0.393 e. The van der Waals surface area contributed by atoms with Gasteiger partial charge in [-0.2, -0.15) is 0 Å². The fraction of sp³-hybridized carbons (Fsp3) is 1.00. The molecule has 2 unspecified atom stereocenters. The van der Waals surface area contributed by atoms with E-state index in [2.05, 4.69) is 24.3 Å². The zero-order chi connectivity index (χ0) is 10.4. The number of rotatable bonds is 5. The van der Waals surface area contributed by atoms with Crippen molar-refractivity contribution in [2.24, 2.45) is 5.92 Å². The average Bonchev–Trinajstić information content (AvgIpc) is 2.15. The minimum atomic E-state index is -0.0596. The Morgan fingerprint density at radius 3 is 2.64 bits per heavy atom. The Bertz CT molecular complexity index is 150. The van der Waals surface area contributed by atoms with E-state index in [-0.39, 0.29) is 6.10 Å². The molecule has 0 radical (unpaired) electrons. The van der Waals surface area contributed by atoms with Crippen molar-refractivity contribution in [3.63, 3.8) is 0 Å². The summed E-state index contributed by atoms with van der Waals surface area (Å²) in [6, 6.07) is 0. The fourth-order valence-corrected chi connectivity index (χ4v) is 2.02. The summed E-state index contributed by atoms with van der Waals surface area (Å²) >= 11 is 0. The molecule has 0 aromatic rings. The molecule has 1 fully saturated rings. The highest BCUT2D eigenvalue weighted by Crippen LogP contribution is 2.23. The molecule has 0 aliphatic heterocycles. The highest BCUT2D eigenvalue weighted by molar-refractivity contribution is 4.76. The molecule has 0 spiro atoms. The number of hydrogen-bond acceptors (Lipinski definition) is 3. The summed E-state index contributed by atoms with van der Waals surface area (Å²) < 4.78 is 0. The Kier molecular flexibility index (Phi) is 5.45. The van der Waals surface area contributed by atoms with E-state index < -0.39 is 0 Å². The number of nitrogens with one attached hydrogen (secondary N) is 1. The van der Waals surface area contributed by atoms with Crippen LogP contribution in [0.15, 0.2) is 0 Å². The van der Waals surface area contributed by atoms with E-state index in [1.807, 2.05) is 0 Å². The van der Waals surface area contributed by atoms with Gasteiger partial charge in [0.05, 0.1) is 6.10 Å². The van der Waals surface area contributed by atoms with Gasteiger partial charge in [-0.25, -0.2) is 0 Å². The number of nitrogens with zero attached hydrogens (tertiary/aromatic N) is 1. The molecule has 3 heteroatoms. The zero-order valence-electron chi connectivity index (χ0n) is 9.50. The fourth-order valence-electron chi connectivity index (χ4n) is 2.02. The Hall–Kier alpha value is -0.120. The predicted molar refractivity (Wildman–Crippen MR) is 59.4 cm³/mol. The van der Waals surface area contributed by atoms with Crippen LogP contribution in [-0.2, 0) is 0 Å². The first-order chi connectivity index (χ1) is 6.70. The monoisotopic (exact) mass is 200 g/mol. The molecule has 1 saturated carbocycles. The standard InChI is InChI=1S/C11H24N2O/c1-13(2)8-7-12-9-10-5-3-4-6-11(10)14/h10-12,14H,3-9H2,1-2H3. The SMILES string of the molecule is CN(C)CCNCC1CCCCC1O. The quantitative estimate of drug-likeness (QED) is 0.641. The van der Waals surface area contributed by atoms with Crippen molar-refractivity contribution in [1.29, 1.82) is 0 Å². The molecule has 0 aromatic heterocycles. The predicted octanol–water partition coefficient (Wildman–Crippen LogP) is 0.689. The lowest BCUT2D eigenvalue weighted by molar-refractivity contribution is 0.0695. The molecule has 0 amide bonds. The van der Waals surface area contributed by atoms with Gasteiger partial charge in [-0.3, -0.25) is 0 Å². The highest BCUT2D eigenvalue weighted by atomic mass is 16.3. The van der Waals surface area contributed by atoms with Crippen molar-refractivity contribution >= 4 is 0 Å². The summed E-state index contributed by atoms with van der Waals surface area (Å²) in [7, 11) is 4.16. The van der Waals surface area contributed by atoms with Gasteiger partial charge in [-0.15, -0.1) is 0 Å².